The minimum Gasteiger partial charge on any atom is -0.353 e. The van der Waals surface area contributed by atoms with Crippen LogP contribution < -0.4 is 10.6 Å². The molecule has 0 spiro atoms. The molecule has 2 aromatic rings. The summed E-state index contributed by atoms with van der Waals surface area (Å²) < 4.78 is 0. The highest BCUT2D eigenvalue weighted by atomic mass is 35.5. The van der Waals surface area contributed by atoms with Crippen LogP contribution in [0.1, 0.15) is 66.1 Å². The molecular weight excluding hydrogens is 399 g/mol. The minimum absolute atomic E-state index is 0.00883. The molecule has 1 aromatic carbocycles. The third-order valence-corrected chi connectivity index (χ3v) is 8.08. The zero-order valence-electron chi connectivity index (χ0n) is 15.8. The van der Waals surface area contributed by atoms with Crippen molar-refractivity contribution >= 4 is 45.4 Å². The SMILES string of the molecule is CCC(C)(C)[C@@H]1CCc2c(sc3c2C(=O)N[C@@H](c2ccc(Cl)cc2Cl)N3)C1. The van der Waals surface area contributed by atoms with E-state index in [1.54, 1.807) is 23.5 Å². The van der Waals surface area contributed by atoms with E-state index in [1.807, 2.05) is 6.07 Å². The average molecular weight is 423 g/mol. The van der Waals surface area contributed by atoms with Crippen molar-refractivity contribution in [3.05, 3.63) is 49.8 Å². The third-order valence-electron chi connectivity index (χ3n) is 6.33. The van der Waals surface area contributed by atoms with Gasteiger partial charge in [-0.2, -0.15) is 0 Å². The molecule has 0 saturated carbocycles. The second kappa shape index (κ2) is 6.98. The van der Waals surface area contributed by atoms with E-state index < -0.39 is 0 Å². The Morgan fingerprint density at radius 2 is 2.04 bits per heavy atom. The molecule has 144 valence electrons. The highest BCUT2D eigenvalue weighted by Crippen LogP contribution is 2.47. The number of halogens is 2. The lowest BCUT2D eigenvalue weighted by molar-refractivity contribution is 0.0934. The number of benzene rings is 1. The van der Waals surface area contributed by atoms with Crippen LogP contribution >= 0.6 is 34.5 Å². The fourth-order valence-corrected chi connectivity index (χ4v) is 6.02. The van der Waals surface area contributed by atoms with Crippen molar-refractivity contribution in [1.82, 2.24) is 5.32 Å². The Morgan fingerprint density at radius 1 is 1.26 bits per heavy atom. The standard InChI is InChI=1S/C21H24Cl2N2OS/c1-4-21(2,3)11-5-7-14-16(9-11)27-20-17(14)19(26)24-18(25-20)13-8-6-12(22)10-15(13)23/h6,8,10-11,18,25H,4-5,7,9H2,1-3H3,(H,24,26)/t11-,18-/m1/s1. The first-order chi connectivity index (χ1) is 12.8. The minimum atomic E-state index is -0.335. The van der Waals surface area contributed by atoms with E-state index in [4.69, 9.17) is 23.2 Å². The number of carbonyl (C=O) groups excluding carboxylic acids is 1. The van der Waals surface area contributed by atoms with E-state index in [2.05, 4.69) is 31.4 Å². The van der Waals surface area contributed by atoms with Gasteiger partial charge in [-0.3, -0.25) is 4.79 Å². The van der Waals surface area contributed by atoms with E-state index >= 15 is 0 Å². The predicted molar refractivity (Wildman–Crippen MR) is 114 cm³/mol. The molecule has 0 radical (unpaired) electrons. The first-order valence-electron chi connectivity index (χ1n) is 9.47. The van der Waals surface area contributed by atoms with Gasteiger partial charge in [0, 0.05) is 20.5 Å². The van der Waals surface area contributed by atoms with Crippen molar-refractivity contribution < 1.29 is 4.79 Å². The Bertz CT molecular complexity index is 906. The maximum Gasteiger partial charge on any atom is 0.256 e. The monoisotopic (exact) mass is 422 g/mol. The van der Waals surface area contributed by atoms with Gasteiger partial charge in [-0.1, -0.05) is 56.5 Å². The Balaban J connectivity index is 1.65. The third kappa shape index (κ3) is 3.37. The molecule has 1 aromatic heterocycles. The van der Waals surface area contributed by atoms with Crippen molar-refractivity contribution in [2.75, 3.05) is 5.32 Å². The van der Waals surface area contributed by atoms with E-state index in [0.29, 0.717) is 21.4 Å². The van der Waals surface area contributed by atoms with Crippen LogP contribution in [0.25, 0.3) is 0 Å². The second-order valence-corrected chi connectivity index (χ2v) is 10.2. The first-order valence-corrected chi connectivity index (χ1v) is 11.0. The van der Waals surface area contributed by atoms with Gasteiger partial charge in [-0.15, -0.1) is 11.3 Å². The largest absolute Gasteiger partial charge is 0.353 e. The molecule has 2 atom stereocenters. The van der Waals surface area contributed by atoms with Gasteiger partial charge in [0.05, 0.1) is 5.56 Å². The average Bonchev–Trinajstić information content (AvgIpc) is 2.99. The Kier molecular flexibility index (Phi) is 4.94. The number of hydrogen-bond donors (Lipinski definition) is 2. The van der Waals surface area contributed by atoms with Crippen molar-refractivity contribution in [2.24, 2.45) is 11.3 Å². The summed E-state index contributed by atoms with van der Waals surface area (Å²) in [6, 6.07) is 5.36. The van der Waals surface area contributed by atoms with Crippen LogP contribution in [0, 0.1) is 11.3 Å². The molecule has 0 unspecified atom stereocenters. The topological polar surface area (TPSA) is 41.1 Å². The Morgan fingerprint density at radius 3 is 2.74 bits per heavy atom. The molecule has 1 aliphatic carbocycles. The lowest BCUT2D eigenvalue weighted by atomic mass is 9.69. The summed E-state index contributed by atoms with van der Waals surface area (Å²) in [5.74, 6) is 0.658. The Labute approximate surface area is 174 Å². The predicted octanol–water partition coefficient (Wildman–Crippen LogP) is 6.45. The van der Waals surface area contributed by atoms with Crippen molar-refractivity contribution in [3.63, 3.8) is 0 Å². The zero-order valence-corrected chi connectivity index (χ0v) is 18.1. The summed E-state index contributed by atoms with van der Waals surface area (Å²) in [5, 5.41) is 8.66. The molecule has 1 aliphatic heterocycles. The molecule has 27 heavy (non-hydrogen) atoms. The smallest absolute Gasteiger partial charge is 0.256 e. The first kappa shape index (κ1) is 19.1. The molecule has 2 aliphatic rings. The summed E-state index contributed by atoms with van der Waals surface area (Å²) in [4.78, 5) is 14.3. The van der Waals surface area contributed by atoms with Crippen LogP contribution in [0.5, 0.6) is 0 Å². The van der Waals surface area contributed by atoms with Crippen molar-refractivity contribution in [1.29, 1.82) is 0 Å². The molecule has 0 saturated heterocycles. The molecule has 4 rings (SSSR count). The van der Waals surface area contributed by atoms with Gasteiger partial charge in [0.25, 0.3) is 5.91 Å². The number of amides is 1. The quantitative estimate of drug-likeness (QED) is 0.596. The number of nitrogens with one attached hydrogen (secondary N) is 2. The maximum absolute atomic E-state index is 12.9. The highest BCUT2D eigenvalue weighted by Gasteiger charge is 2.37. The van der Waals surface area contributed by atoms with Gasteiger partial charge in [0.15, 0.2) is 0 Å². The summed E-state index contributed by atoms with van der Waals surface area (Å²) in [5.41, 5.74) is 3.24. The number of rotatable bonds is 3. The van der Waals surface area contributed by atoms with Crippen LogP contribution in [-0.4, -0.2) is 5.91 Å². The molecule has 6 heteroatoms. The number of hydrogen-bond acceptors (Lipinski definition) is 3. The van der Waals surface area contributed by atoms with Crippen LogP contribution in [0.2, 0.25) is 10.0 Å². The summed E-state index contributed by atoms with van der Waals surface area (Å²) in [7, 11) is 0. The second-order valence-electron chi connectivity index (χ2n) is 8.21. The number of anilines is 1. The molecule has 0 fully saturated rings. The van der Waals surface area contributed by atoms with Gasteiger partial charge in [0.2, 0.25) is 0 Å². The zero-order chi connectivity index (χ0) is 19.3. The van der Waals surface area contributed by atoms with Crippen LogP contribution in [-0.2, 0) is 12.8 Å². The Hall–Kier alpha value is -1.23. The summed E-state index contributed by atoms with van der Waals surface area (Å²) in [6.45, 7) is 6.99. The fraction of sp³-hybridized carbons (Fsp3) is 0.476. The van der Waals surface area contributed by atoms with Gasteiger partial charge in [-0.05, 0) is 48.3 Å². The van der Waals surface area contributed by atoms with Gasteiger partial charge >= 0.3 is 0 Å². The molecule has 3 nitrogen and oxygen atoms in total. The molecule has 1 amide bonds. The number of thiophene rings is 1. The number of carbonyl (C=O) groups is 1. The fourth-order valence-electron chi connectivity index (χ4n) is 4.15. The summed E-state index contributed by atoms with van der Waals surface area (Å²) >= 11 is 14.1. The van der Waals surface area contributed by atoms with E-state index in [-0.39, 0.29) is 12.1 Å². The lowest BCUT2D eigenvalue weighted by Crippen LogP contribution is -2.38. The van der Waals surface area contributed by atoms with E-state index in [0.717, 1.165) is 35.4 Å². The summed E-state index contributed by atoms with van der Waals surface area (Å²) in [6.07, 6.45) is 4.04. The number of fused-ring (bicyclic) bond motifs is 3. The normalized spacial score (nSPS) is 21.9. The van der Waals surface area contributed by atoms with Gasteiger partial charge < -0.3 is 10.6 Å². The highest BCUT2D eigenvalue weighted by molar-refractivity contribution is 7.16. The molecule has 2 heterocycles. The van der Waals surface area contributed by atoms with Gasteiger partial charge in [-0.25, -0.2) is 0 Å². The lowest BCUT2D eigenvalue weighted by Gasteiger charge is -2.36. The van der Waals surface area contributed by atoms with Crippen molar-refractivity contribution in [2.45, 2.75) is 52.6 Å². The van der Waals surface area contributed by atoms with E-state index in [9.17, 15) is 4.79 Å². The van der Waals surface area contributed by atoms with Crippen LogP contribution in [0.3, 0.4) is 0 Å². The van der Waals surface area contributed by atoms with Crippen molar-refractivity contribution in [3.8, 4) is 0 Å². The molecule has 0 bridgehead atoms. The van der Waals surface area contributed by atoms with Crippen LogP contribution in [0.4, 0.5) is 5.00 Å². The molecular formula is C21H24Cl2N2OS. The maximum atomic E-state index is 12.9. The molecule has 2 N–H and O–H groups in total. The van der Waals surface area contributed by atoms with E-state index in [1.165, 1.54) is 16.9 Å². The van der Waals surface area contributed by atoms with Gasteiger partial charge in [0.1, 0.15) is 11.2 Å². The van der Waals surface area contributed by atoms with Crippen LogP contribution in [0.15, 0.2) is 18.2 Å².